The van der Waals surface area contributed by atoms with Gasteiger partial charge >= 0.3 is 0 Å². The molecule has 2 nitrogen and oxygen atoms in total. The molecule has 0 spiro atoms. The first-order valence-corrected chi connectivity index (χ1v) is 8.62. The van der Waals surface area contributed by atoms with Crippen molar-refractivity contribution in [2.45, 2.75) is 76.0 Å². The first kappa shape index (κ1) is 12.6. The van der Waals surface area contributed by atoms with Gasteiger partial charge in [-0.25, -0.2) is 0 Å². The normalized spacial score (nSPS) is 52.6. The molecule has 4 bridgehead atoms. The number of ether oxygens (including phenoxy) is 1. The number of rotatable bonds is 3. The Hall–Kier alpha value is -0.0800. The summed E-state index contributed by atoms with van der Waals surface area (Å²) in [5.74, 6) is 4.17. The van der Waals surface area contributed by atoms with Crippen molar-refractivity contribution in [1.29, 1.82) is 0 Å². The molecule has 0 heterocycles. The van der Waals surface area contributed by atoms with Gasteiger partial charge in [0.15, 0.2) is 0 Å². The van der Waals surface area contributed by atoms with Gasteiger partial charge in [0.05, 0.1) is 6.10 Å². The summed E-state index contributed by atoms with van der Waals surface area (Å²) < 4.78 is 5.73. The third-order valence-electron chi connectivity index (χ3n) is 6.64. The summed E-state index contributed by atoms with van der Waals surface area (Å²) in [5.41, 5.74) is 0. The minimum absolute atomic E-state index is 0.478. The van der Waals surface area contributed by atoms with Crippen molar-refractivity contribution in [3.63, 3.8) is 0 Å². The molecule has 108 valence electrons. The number of methoxy groups -OCH3 is 1. The van der Waals surface area contributed by atoms with Crippen molar-refractivity contribution < 1.29 is 4.74 Å². The summed E-state index contributed by atoms with van der Waals surface area (Å²) in [4.78, 5) is 0. The smallest absolute Gasteiger partial charge is 0.0724 e. The highest BCUT2D eigenvalue weighted by molar-refractivity contribution is 5.02. The largest absolute Gasteiger partial charge is 0.380 e. The molecule has 2 atom stereocenters. The van der Waals surface area contributed by atoms with Crippen LogP contribution in [0, 0.1) is 23.7 Å². The molecule has 5 fully saturated rings. The van der Waals surface area contributed by atoms with Gasteiger partial charge in [0, 0.05) is 19.2 Å². The van der Waals surface area contributed by atoms with Crippen LogP contribution in [0.4, 0.5) is 0 Å². The molecular formula is C17H29NO. The predicted molar refractivity (Wildman–Crippen MR) is 77.0 cm³/mol. The van der Waals surface area contributed by atoms with E-state index in [0.29, 0.717) is 12.1 Å². The number of hydrogen-bond donors (Lipinski definition) is 1. The van der Waals surface area contributed by atoms with Gasteiger partial charge in [-0.3, -0.25) is 0 Å². The van der Waals surface area contributed by atoms with E-state index < -0.39 is 0 Å². The fourth-order valence-electron chi connectivity index (χ4n) is 6.01. The lowest BCUT2D eigenvalue weighted by Crippen LogP contribution is -2.59. The zero-order chi connectivity index (χ0) is 12.8. The average Bonchev–Trinajstić information content (AvgIpc) is 2.42. The lowest BCUT2D eigenvalue weighted by Gasteiger charge is -2.55. The average molecular weight is 263 g/mol. The maximum absolute atomic E-state index is 5.73. The predicted octanol–water partition coefficient (Wildman–Crippen LogP) is 3.36. The fourth-order valence-corrected chi connectivity index (χ4v) is 6.01. The SMILES string of the molecule is COC1CCCCC1NC1C2CC3CC(C2)CC1C3. The Bertz CT molecular complexity index is 301. The molecule has 5 aliphatic rings. The van der Waals surface area contributed by atoms with Crippen molar-refractivity contribution in [3.05, 3.63) is 0 Å². The van der Waals surface area contributed by atoms with Crippen molar-refractivity contribution in [2.75, 3.05) is 7.11 Å². The van der Waals surface area contributed by atoms with Gasteiger partial charge in [0.25, 0.3) is 0 Å². The molecule has 0 saturated heterocycles. The van der Waals surface area contributed by atoms with E-state index in [0.717, 1.165) is 29.7 Å². The van der Waals surface area contributed by atoms with Crippen molar-refractivity contribution in [3.8, 4) is 0 Å². The summed E-state index contributed by atoms with van der Waals surface area (Å²) in [6, 6.07) is 1.47. The third kappa shape index (κ3) is 2.25. The van der Waals surface area contributed by atoms with E-state index in [1.54, 1.807) is 6.42 Å². The summed E-state index contributed by atoms with van der Waals surface area (Å²) in [5, 5.41) is 4.08. The van der Waals surface area contributed by atoms with Crippen LogP contribution in [0.2, 0.25) is 0 Å². The molecule has 5 rings (SSSR count). The van der Waals surface area contributed by atoms with Crippen molar-refractivity contribution in [2.24, 2.45) is 23.7 Å². The summed E-state index contributed by atoms with van der Waals surface area (Å²) >= 11 is 0. The van der Waals surface area contributed by atoms with Gasteiger partial charge < -0.3 is 10.1 Å². The second kappa shape index (κ2) is 5.04. The van der Waals surface area contributed by atoms with Crippen LogP contribution in [0.1, 0.15) is 57.8 Å². The second-order valence-electron chi connectivity index (χ2n) is 7.79. The van der Waals surface area contributed by atoms with Crippen LogP contribution >= 0.6 is 0 Å². The van der Waals surface area contributed by atoms with E-state index in [-0.39, 0.29) is 0 Å². The van der Waals surface area contributed by atoms with Gasteiger partial charge in [-0.15, -0.1) is 0 Å². The number of nitrogens with one attached hydrogen (secondary N) is 1. The maximum Gasteiger partial charge on any atom is 0.0724 e. The summed E-state index contributed by atoms with van der Waals surface area (Å²) in [6.07, 6.45) is 13.5. The van der Waals surface area contributed by atoms with Gasteiger partial charge in [0.1, 0.15) is 0 Å². The van der Waals surface area contributed by atoms with E-state index in [1.165, 1.54) is 51.4 Å². The molecular weight excluding hydrogens is 234 g/mol. The quantitative estimate of drug-likeness (QED) is 0.843. The van der Waals surface area contributed by atoms with Crippen LogP contribution in [0.3, 0.4) is 0 Å². The highest BCUT2D eigenvalue weighted by Gasteiger charge is 2.48. The molecule has 0 aromatic heterocycles. The lowest BCUT2D eigenvalue weighted by atomic mass is 9.54. The van der Waals surface area contributed by atoms with E-state index >= 15 is 0 Å². The van der Waals surface area contributed by atoms with E-state index in [9.17, 15) is 0 Å². The third-order valence-corrected chi connectivity index (χ3v) is 6.64. The lowest BCUT2D eigenvalue weighted by molar-refractivity contribution is -0.0348. The monoisotopic (exact) mass is 263 g/mol. The van der Waals surface area contributed by atoms with Gasteiger partial charge in [-0.1, -0.05) is 12.8 Å². The fraction of sp³-hybridized carbons (Fsp3) is 1.00. The first-order chi connectivity index (χ1) is 9.33. The molecule has 0 aromatic carbocycles. The highest BCUT2D eigenvalue weighted by atomic mass is 16.5. The Balaban J connectivity index is 1.44. The van der Waals surface area contributed by atoms with Crippen LogP contribution < -0.4 is 5.32 Å². The maximum atomic E-state index is 5.73. The van der Waals surface area contributed by atoms with Crippen LogP contribution in [-0.2, 0) is 4.74 Å². The van der Waals surface area contributed by atoms with Crippen molar-refractivity contribution >= 4 is 0 Å². The van der Waals surface area contributed by atoms with Crippen molar-refractivity contribution in [1.82, 2.24) is 5.32 Å². The van der Waals surface area contributed by atoms with Crippen LogP contribution in [0.25, 0.3) is 0 Å². The molecule has 5 aliphatic carbocycles. The molecule has 0 radical (unpaired) electrons. The molecule has 2 heteroatoms. The zero-order valence-electron chi connectivity index (χ0n) is 12.3. The molecule has 5 saturated carbocycles. The Morgan fingerprint density at radius 3 is 2.11 bits per heavy atom. The van der Waals surface area contributed by atoms with E-state index in [4.69, 9.17) is 4.74 Å². The Morgan fingerprint density at radius 1 is 0.842 bits per heavy atom. The summed E-state index contributed by atoms with van der Waals surface area (Å²) in [6.45, 7) is 0. The van der Waals surface area contributed by atoms with Crippen LogP contribution in [0.5, 0.6) is 0 Å². The number of hydrogen-bond acceptors (Lipinski definition) is 2. The Kier molecular flexibility index (Phi) is 3.35. The highest BCUT2D eigenvalue weighted by Crippen LogP contribution is 2.53. The zero-order valence-corrected chi connectivity index (χ0v) is 12.3. The first-order valence-electron chi connectivity index (χ1n) is 8.62. The van der Waals surface area contributed by atoms with Crippen LogP contribution in [-0.4, -0.2) is 25.3 Å². The Labute approximate surface area is 117 Å². The minimum atomic E-state index is 0.478. The van der Waals surface area contributed by atoms with Crippen LogP contribution in [0.15, 0.2) is 0 Å². The molecule has 2 unspecified atom stereocenters. The Morgan fingerprint density at radius 2 is 1.47 bits per heavy atom. The minimum Gasteiger partial charge on any atom is -0.380 e. The van der Waals surface area contributed by atoms with Gasteiger partial charge in [-0.05, 0) is 68.6 Å². The summed E-state index contributed by atoms with van der Waals surface area (Å²) in [7, 11) is 1.90. The molecule has 19 heavy (non-hydrogen) atoms. The van der Waals surface area contributed by atoms with E-state index in [1.807, 2.05) is 7.11 Å². The molecule has 1 N–H and O–H groups in total. The molecule has 0 aromatic rings. The molecule has 0 amide bonds. The molecule has 0 aliphatic heterocycles. The second-order valence-corrected chi connectivity index (χ2v) is 7.79. The van der Waals surface area contributed by atoms with E-state index in [2.05, 4.69) is 5.32 Å². The van der Waals surface area contributed by atoms with Gasteiger partial charge in [-0.2, -0.15) is 0 Å². The van der Waals surface area contributed by atoms with Gasteiger partial charge in [0.2, 0.25) is 0 Å². The topological polar surface area (TPSA) is 21.3 Å². The standard InChI is InChI=1S/C17H29NO/c1-19-16-5-3-2-4-15(16)18-17-13-7-11-6-12(9-13)10-14(17)8-11/h11-18H,2-10H2,1H3.